The Kier molecular flexibility index (Phi) is 10.0. The number of aliphatic carboxylic acids is 1. The van der Waals surface area contributed by atoms with E-state index in [1.165, 1.54) is 17.0 Å². The SMILES string of the molecule is O=C(O)CC(NC(=O)CN1C(=O)c2cc(NC(=O)NCc3ccccc3)ccc2NC(=O)[C@@H]1Cc1ccccc1)c1ccccc1. The van der Waals surface area contributed by atoms with Gasteiger partial charge in [0.15, 0.2) is 0 Å². The molecule has 0 fully saturated rings. The van der Waals surface area contributed by atoms with Crippen LogP contribution in [-0.2, 0) is 27.3 Å². The van der Waals surface area contributed by atoms with E-state index in [9.17, 15) is 29.1 Å². The second kappa shape index (κ2) is 14.7. The van der Waals surface area contributed by atoms with Crippen molar-refractivity contribution in [2.24, 2.45) is 0 Å². The predicted molar refractivity (Wildman–Crippen MR) is 172 cm³/mol. The van der Waals surface area contributed by atoms with E-state index in [1.54, 1.807) is 36.4 Å². The fourth-order valence-electron chi connectivity index (χ4n) is 5.24. The number of nitrogens with zero attached hydrogens (tertiary/aromatic N) is 1. The Morgan fingerprint density at radius 2 is 1.46 bits per heavy atom. The van der Waals surface area contributed by atoms with Crippen LogP contribution < -0.4 is 21.3 Å². The lowest BCUT2D eigenvalue weighted by molar-refractivity contribution is -0.137. The molecule has 0 aliphatic carbocycles. The van der Waals surface area contributed by atoms with Crippen molar-refractivity contribution in [2.75, 3.05) is 17.2 Å². The van der Waals surface area contributed by atoms with Crippen molar-refractivity contribution in [3.63, 3.8) is 0 Å². The first-order valence-electron chi connectivity index (χ1n) is 14.7. The summed E-state index contributed by atoms with van der Waals surface area (Å²) in [5.74, 6) is -2.84. The van der Waals surface area contributed by atoms with Crippen LogP contribution >= 0.6 is 0 Å². The van der Waals surface area contributed by atoms with E-state index in [1.807, 2.05) is 60.7 Å². The molecule has 1 heterocycles. The summed E-state index contributed by atoms with van der Waals surface area (Å²) in [7, 11) is 0. The Morgan fingerprint density at radius 3 is 2.11 bits per heavy atom. The van der Waals surface area contributed by atoms with Gasteiger partial charge in [-0.15, -0.1) is 0 Å². The normalized spacial score (nSPS) is 14.7. The summed E-state index contributed by atoms with van der Waals surface area (Å²) in [6.07, 6.45) is -0.244. The number of amides is 5. The van der Waals surface area contributed by atoms with E-state index >= 15 is 0 Å². The molecule has 5 N–H and O–H groups in total. The molecule has 4 aromatic carbocycles. The maximum absolute atomic E-state index is 14.1. The van der Waals surface area contributed by atoms with Gasteiger partial charge in [0, 0.05) is 18.7 Å². The van der Waals surface area contributed by atoms with Crippen LogP contribution in [0.1, 0.15) is 39.5 Å². The van der Waals surface area contributed by atoms with E-state index in [4.69, 9.17) is 0 Å². The van der Waals surface area contributed by atoms with Gasteiger partial charge in [-0.3, -0.25) is 19.2 Å². The molecular weight excluding hydrogens is 586 g/mol. The third kappa shape index (κ3) is 8.14. The van der Waals surface area contributed by atoms with Crippen LogP contribution in [-0.4, -0.2) is 52.3 Å². The number of rotatable bonds is 11. The van der Waals surface area contributed by atoms with Gasteiger partial charge in [0.25, 0.3) is 5.91 Å². The first-order valence-corrected chi connectivity index (χ1v) is 14.7. The Bertz CT molecular complexity index is 1720. The first-order chi connectivity index (χ1) is 22.3. The Balaban J connectivity index is 1.39. The lowest BCUT2D eigenvalue weighted by Gasteiger charge is -2.29. The number of carbonyl (C=O) groups is 5. The van der Waals surface area contributed by atoms with Crippen molar-refractivity contribution in [3.05, 3.63) is 131 Å². The summed E-state index contributed by atoms with van der Waals surface area (Å²) in [5, 5.41) is 20.5. The van der Waals surface area contributed by atoms with Crippen molar-refractivity contribution in [1.29, 1.82) is 0 Å². The smallest absolute Gasteiger partial charge is 0.319 e. The van der Waals surface area contributed by atoms with Crippen LogP contribution in [0.5, 0.6) is 0 Å². The highest BCUT2D eigenvalue weighted by Crippen LogP contribution is 2.28. The van der Waals surface area contributed by atoms with Crippen LogP contribution in [0.2, 0.25) is 0 Å². The van der Waals surface area contributed by atoms with Gasteiger partial charge in [-0.05, 0) is 34.9 Å². The predicted octanol–water partition coefficient (Wildman–Crippen LogP) is 4.35. The van der Waals surface area contributed by atoms with E-state index < -0.39 is 48.4 Å². The molecule has 11 nitrogen and oxygen atoms in total. The van der Waals surface area contributed by atoms with Crippen molar-refractivity contribution < 1.29 is 29.1 Å². The van der Waals surface area contributed by atoms with E-state index in [0.29, 0.717) is 17.8 Å². The topological polar surface area (TPSA) is 157 Å². The van der Waals surface area contributed by atoms with Crippen molar-refractivity contribution >= 4 is 41.1 Å². The zero-order valence-electron chi connectivity index (χ0n) is 24.8. The highest BCUT2D eigenvalue weighted by atomic mass is 16.4. The van der Waals surface area contributed by atoms with Gasteiger partial charge < -0.3 is 31.3 Å². The van der Waals surface area contributed by atoms with Crippen molar-refractivity contribution in [1.82, 2.24) is 15.5 Å². The Morgan fingerprint density at radius 1 is 0.826 bits per heavy atom. The molecule has 0 saturated heterocycles. The molecule has 0 aromatic heterocycles. The average molecular weight is 620 g/mol. The highest BCUT2D eigenvalue weighted by Gasteiger charge is 2.37. The van der Waals surface area contributed by atoms with E-state index in [-0.39, 0.29) is 24.1 Å². The number of benzene rings is 4. The molecule has 0 bridgehead atoms. The largest absolute Gasteiger partial charge is 0.481 e. The molecule has 234 valence electrons. The van der Waals surface area contributed by atoms with Crippen LogP contribution in [0.4, 0.5) is 16.2 Å². The van der Waals surface area contributed by atoms with Crippen LogP contribution in [0.3, 0.4) is 0 Å². The number of hydrogen-bond acceptors (Lipinski definition) is 5. The molecule has 4 aromatic rings. The molecule has 0 radical (unpaired) electrons. The van der Waals surface area contributed by atoms with Gasteiger partial charge in [-0.2, -0.15) is 0 Å². The number of carbonyl (C=O) groups excluding carboxylic acids is 4. The molecule has 11 heteroatoms. The van der Waals surface area contributed by atoms with Gasteiger partial charge in [0.1, 0.15) is 12.6 Å². The summed E-state index contributed by atoms with van der Waals surface area (Å²) < 4.78 is 0. The number of carboxylic acids is 1. The molecule has 0 spiro atoms. The van der Waals surface area contributed by atoms with Gasteiger partial charge in [0.2, 0.25) is 11.8 Å². The maximum Gasteiger partial charge on any atom is 0.319 e. The highest BCUT2D eigenvalue weighted by molar-refractivity contribution is 6.11. The number of nitrogens with one attached hydrogen (secondary N) is 4. The molecule has 1 aliphatic rings. The number of anilines is 2. The summed E-state index contributed by atoms with van der Waals surface area (Å²) in [6, 6.07) is 29.3. The number of urea groups is 1. The fraction of sp³-hybridized carbons (Fsp3) is 0.171. The number of carboxylic acid groups (broad SMARTS) is 1. The maximum atomic E-state index is 14.1. The molecule has 1 aliphatic heterocycles. The number of hydrogen-bond donors (Lipinski definition) is 5. The zero-order chi connectivity index (χ0) is 32.5. The molecule has 2 atom stereocenters. The fourth-order valence-corrected chi connectivity index (χ4v) is 5.24. The van der Waals surface area contributed by atoms with Gasteiger partial charge in [-0.1, -0.05) is 91.0 Å². The van der Waals surface area contributed by atoms with Crippen molar-refractivity contribution in [2.45, 2.75) is 31.5 Å². The van der Waals surface area contributed by atoms with Crippen LogP contribution in [0, 0.1) is 0 Å². The average Bonchev–Trinajstić information content (AvgIpc) is 3.15. The van der Waals surface area contributed by atoms with E-state index in [0.717, 1.165) is 11.1 Å². The summed E-state index contributed by atoms with van der Waals surface area (Å²) in [6.45, 7) is -0.218. The van der Waals surface area contributed by atoms with Crippen LogP contribution in [0.15, 0.2) is 109 Å². The summed E-state index contributed by atoms with van der Waals surface area (Å²) in [4.78, 5) is 66.6. The first kappa shape index (κ1) is 31.5. The standard InChI is InChI=1S/C35H33N5O6/c41-31(38-29(20-32(42)43)25-14-8-3-9-15-25)22-40-30(18-23-10-4-1-5-11-23)33(44)39-28-17-16-26(19-27(28)34(40)45)37-35(46)36-21-24-12-6-2-7-13-24/h1-17,19,29-30H,18,20-22H2,(H,38,41)(H,39,44)(H,42,43)(H2,36,37,46)/t29?,30-/m0/s1. The number of fused-ring (bicyclic) bond motifs is 1. The van der Waals surface area contributed by atoms with Crippen LogP contribution in [0.25, 0.3) is 0 Å². The van der Waals surface area contributed by atoms with Crippen molar-refractivity contribution in [3.8, 4) is 0 Å². The second-order valence-electron chi connectivity index (χ2n) is 10.8. The quantitative estimate of drug-likeness (QED) is 0.168. The van der Waals surface area contributed by atoms with Gasteiger partial charge in [0.05, 0.1) is 23.7 Å². The third-order valence-corrected chi connectivity index (χ3v) is 7.50. The molecule has 5 amide bonds. The van der Waals surface area contributed by atoms with E-state index in [2.05, 4.69) is 21.3 Å². The minimum Gasteiger partial charge on any atom is -0.481 e. The Hall–Kier alpha value is -5.97. The molecule has 46 heavy (non-hydrogen) atoms. The molecule has 1 unspecified atom stereocenters. The third-order valence-electron chi connectivity index (χ3n) is 7.50. The monoisotopic (exact) mass is 619 g/mol. The Labute approximate surface area is 265 Å². The minimum atomic E-state index is -1.11. The molecule has 5 rings (SSSR count). The van der Waals surface area contributed by atoms with Gasteiger partial charge in [-0.25, -0.2) is 4.79 Å². The summed E-state index contributed by atoms with van der Waals surface area (Å²) >= 11 is 0. The minimum absolute atomic E-state index is 0.0858. The lowest BCUT2D eigenvalue weighted by atomic mass is 10.0. The van der Waals surface area contributed by atoms with Gasteiger partial charge >= 0.3 is 12.0 Å². The molecular formula is C35H33N5O6. The second-order valence-corrected chi connectivity index (χ2v) is 10.8. The lowest BCUT2D eigenvalue weighted by Crippen LogP contribution is -2.51. The zero-order valence-corrected chi connectivity index (χ0v) is 24.8. The summed E-state index contributed by atoms with van der Waals surface area (Å²) in [5.41, 5.74) is 2.90. The molecule has 0 saturated carbocycles.